The molecular weight excluding hydrogens is 309 g/mol. The van der Waals surface area contributed by atoms with Crippen molar-refractivity contribution < 1.29 is 4.39 Å². The summed E-state index contributed by atoms with van der Waals surface area (Å²) >= 11 is 0. The maximum Gasteiger partial charge on any atom is 0.264 e. The van der Waals surface area contributed by atoms with E-state index in [1.165, 1.54) is 29.2 Å². The van der Waals surface area contributed by atoms with Crippen molar-refractivity contribution >= 4 is 11.0 Å². The van der Waals surface area contributed by atoms with E-state index in [-0.39, 0.29) is 23.2 Å². The number of fused-ring (bicyclic) bond motifs is 1. The fraction of sp³-hybridized carbons (Fsp3) is 0.294. The van der Waals surface area contributed by atoms with E-state index >= 15 is 0 Å². The standard InChI is InChI=1S/C17H16FN5O/c1-17(2,3)23-15-13(8-21-23)16(24)22(10-20-15)9-12-5-4-11(7-19)6-14(12)18/h4-6,8,10H,9H2,1-3H3. The number of halogens is 1. The molecule has 0 amide bonds. The quantitative estimate of drug-likeness (QED) is 0.725. The molecule has 0 fully saturated rings. The van der Waals surface area contributed by atoms with Gasteiger partial charge in [-0.3, -0.25) is 9.36 Å². The van der Waals surface area contributed by atoms with Crippen molar-refractivity contribution in [2.45, 2.75) is 32.9 Å². The van der Waals surface area contributed by atoms with Crippen LogP contribution >= 0.6 is 0 Å². The summed E-state index contributed by atoms with van der Waals surface area (Å²) in [4.78, 5) is 16.9. The topological polar surface area (TPSA) is 76.5 Å². The van der Waals surface area contributed by atoms with E-state index in [1.807, 2.05) is 26.8 Å². The fourth-order valence-electron chi connectivity index (χ4n) is 2.48. The molecule has 0 spiro atoms. The van der Waals surface area contributed by atoms with Crippen LogP contribution in [0.4, 0.5) is 4.39 Å². The fourth-order valence-corrected chi connectivity index (χ4v) is 2.48. The molecule has 122 valence electrons. The molecule has 0 radical (unpaired) electrons. The molecule has 0 aliphatic heterocycles. The Labute approximate surface area is 137 Å². The van der Waals surface area contributed by atoms with E-state index in [0.29, 0.717) is 16.6 Å². The summed E-state index contributed by atoms with van der Waals surface area (Å²) in [6.45, 7) is 5.95. The highest BCUT2D eigenvalue weighted by Gasteiger charge is 2.19. The molecule has 0 unspecified atom stereocenters. The number of nitriles is 1. The number of rotatable bonds is 2. The molecule has 3 aromatic rings. The highest BCUT2D eigenvalue weighted by molar-refractivity contribution is 5.73. The maximum atomic E-state index is 14.0. The Balaban J connectivity index is 2.05. The van der Waals surface area contributed by atoms with Crippen molar-refractivity contribution in [2.24, 2.45) is 0 Å². The van der Waals surface area contributed by atoms with Crippen LogP contribution in [0.2, 0.25) is 0 Å². The number of hydrogen-bond acceptors (Lipinski definition) is 4. The molecule has 0 aliphatic carbocycles. The van der Waals surface area contributed by atoms with E-state index in [2.05, 4.69) is 10.1 Å². The molecule has 2 aromatic heterocycles. The van der Waals surface area contributed by atoms with Crippen molar-refractivity contribution in [3.63, 3.8) is 0 Å². The Morgan fingerprint density at radius 2 is 2.08 bits per heavy atom. The van der Waals surface area contributed by atoms with Crippen molar-refractivity contribution in [1.29, 1.82) is 5.26 Å². The van der Waals surface area contributed by atoms with Gasteiger partial charge in [0.15, 0.2) is 5.65 Å². The molecule has 6 nitrogen and oxygen atoms in total. The average Bonchev–Trinajstić information content (AvgIpc) is 2.96. The van der Waals surface area contributed by atoms with E-state index in [1.54, 1.807) is 4.68 Å². The maximum absolute atomic E-state index is 14.0. The summed E-state index contributed by atoms with van der Waals surface area (Å²) < 4.78 is 17.1. The van der Waals surface area contributed by atoms with E-state index in [4.69, 9.17) is 5.26 Å². The first-order chi connectivity index (χ1) is 11.3. The van der Waals surface area contributed by atoms with Gasteiger partial charge in [-0.05, 0) is 32.9 Å². The first kappa shape index (κ1) is 15.9. The molecule has 0 atom stereocenters. The summed E-state index contributed by atoms with van der Waals surface area (Å²) in [7, 11) is 0. The first-order valence-corrected chi connectivity index (χ1v) is 7.43. The number of aromatic nitrogens is 4. The molecule has 0 bridgehead atoms. The molecule has 0 saturated carbocycles. The zero-order valence-corrected chi connectivity index (χ0v) is 13.6. The lowest BCUT2D eigenvalue weighted by Gasteiger charge is -2.19. The second-order valence-corrected chi connectivity index (χ2v) is 6.56. The minimum Gasteiger partial charge on any atom is -0.294 e. The Morgan fingerprint density at radius 3 is 2.71 bits per heavy atom. The molecule has 0 saturated heterocycles. The predicted octanol–water partition coefficient (Wildman–Crippen LogP) is 2.41. The van der Waals surface area contributed by atoms with Gasteiger partial charge in [-0.2, -0.15) is 10.4 Å². The zero-order valence-electron chi connectivity index (χ0n) is 13.6. The van der Waals surface area contributed by atoms with Crippen LogP contribution in [0.5, 0.6) is 0 Å². The van der Waals surface area contributed by atoms with Gasteiger partial charge < -0.3 is 0 Å². The van der Waals surface area contributed by atoms with Crippen molar-refractivity contribution in [1.82, 2.24) is 19.3 Å². The van der Waals surface area contributed by atoms with Crippen LogP contribution in [-0.2, 0) is 12.1 Å². The summed E-state index contributed by atoms with van der Waals surface area (Å²) in [6, 6.07) is 6.06. The van der Waals surface area contributed by atoms with E-state index < -0.39 is 5.82 Å². The van der Waals surface area contributed by atoms with Gasteiger partial charge in [0.25, 0.3) is 5.56 Å². The first-order valence-electron chi connectivity index (χ1n) is 7.43. The SMILES string of the molecule is CC(C)(C)n1ncc2c(=O)n(Cc3ccc(C#N)cc3F)cnc21. The van der Waals surface area contributed by atoms with Crippen LogP contribution in [0, 0.1) is 17.1 Å². The monoisotopic (exact) mass is 325 g/mol. The van der Waals surface area contributed by atoms with Crippen LogP contribution in [0.3, 0.4) is 0 Å². The Kier molecular flexibility index (Phi) is 3.68. The zero-order chi connectivity index (χ0) is 17.5. The molecular formula is C17H16FN5O. The van der Waals surface area contributed by atoms with Crippen LogP contribution in [-0.4, -0.2) is 19.3 Å². The molecule has 0 aliphatic rings. The lowest BCUT2D eigenvalue weighted by molar-refractivity contribution is 0.365. The summed E-state index contributed by atoms with van der Waals surface area (Å²) in [5.41, 5.74) is 0.486. The number of benzene rings is 1. The largest absolute Gasteiger partial charge is 0.294 e. The van der Waals surface area contributed by atoms with Gasteiger partial charge in [-0.25, -0.2) is 14.1 Å². The average molecular weight is 325 g/mol. The normalized spacial score (nSPS) is 11.6. The van der Waals surface area contributed by atoms with E-state index in [9.17, 15) is 9.18 Å². The highest BCUT2D eigenvalue weighted by Crippen LogP contribution is 2.18. The second-order valence-electron chi connectivity index (χ2n) is 6.56. The molecule has 7 heteroatoms. The number of nitrogens with zero attached hydrogens (tertiary/aromatic N) is 5. The molecule has 24 heavy (non-hydrogen) atoms. The van der Waals surface area contributed by atoms with Gasteiger partial charge in [0.1, 0.15) is 17.5 Å². The third-order valence-corrected chi connectivity index (χ3v) is 3.71. The molecule has 3 rings (SSSR count). The minimum absolute atomic E-state index is 0.0417. The van der Waals surface area contributed by atoms with Gasteiger partial charge in [-0.1, -0.05) is 6.07 Å². The van der Waals surface area contributed by atoms with Gasteiger partial charge in [-0.15, -0.1) is 0 Å². The Hall–Kier alpha value is -3.01. The summed E-state index contributed by atoms with van der Waals surface area (Å²) in [5, 5.41) is 13.4. The highest BCUT2D eigenvalue weighted by atomic mass is 19.1. The van der Waals surface area contributed by atoms with E-state index in [0.717, 1.165) is 6.07 Å². The lowest BCUT2D eigenvalue weighted by atomic mass is 10.1. The smallest absolute Gasteiger partial charge is 0.264 e. The Bertz CT molecular complexity index is 1020. The van der Waals surface area contributed by atoms with Crippen LogP contribution in [0.15, 0.2) is 35.5 Å². The molecule has 0 N–H and O–H groups in total. The number of hydrogen-bond donors (Lipinski definition) is 0. The van der Waals surface area contributed by atoms with Gasteiger partial charge >= 0.3 is 0 Å². The predicted molar refractivity (Wildman–Crippen MR) is 87.0 cm³/mol. The van der Waals surface area contributed by atoms with Crippen molar-refractivity contribution in [3.8, 4) is 6.07 Å². The third kappa shape index (κ3) is 2.67. The van der Waals surface area contributed by atoms with Crippen LogP contribution < -0.4 is 5.56 Å². The minimum atomic E-state index is -0.522. The second kappa shape index (κ2) is 5.57. The van der Waals surface area contributed by atoms with Gasteiger partial charge in [0.05, 0.1) is 29.9 Å². The summed E-state index contributed by atoms with van der Waals surface area (Å²) in [5.74, 6) is -0.522. The van der Waals surface area contributed by atoms with Gasteiger partial charge in [0, 0.05) is 5.56 Å². The molecule has 1 aromatic carbocycles. The summed E-state index contributed by atoms with van der Waals surface area (Å²) in [6.07, 6.45) is 2.88. The lowest BCUT2D eigenvalue weighted by Crippen LogP contribution is -2.25. The van der Waals surface area contributed by atoms with Crippen molar-refractivity contribution in [3.05, 3.63) is 58.0 Å². The van der Waals surface area contributed by atoms with Crippen LogP contribution in [0.1, 0.15) is 31.9 Å². The van der Waals surface area contributed by atoms with Crippen LogP contribution in [0.25, 0.3) is 11.0 Å². The van der Waals surface area contributed by atoms with Crippen molar-refractivity contribution in [2.75, 3.05) is 0 Å². The van der Waals surface area contributed by atoms with Gasteiger partial charge in [0.2, 0.25) is 0 Å². The Morgan fingerprint density at radius 1 is 1.33 bits per heavy atom. The third-order valence-electron chi connectivity index (χ3n) is 3.71. The molecule has 2 heterocycles.